The third-order valence-corrected chi connectivity index (χ3v) is 5.50. The quantitative estimate of drug-likeness (QED) is 0.734. The minimum atomic E-state index is -0.107. The Morgan fingerprint density at radius 3 is 2.22 bits per heavy atom. The van der Waals surface area contributed by atoms with Crippen LogP contribution in [0.3, 0.4) is 0 Å². The lowest BCUT2D eigenvalue weighted by molar-refractivity contribution is -0.123. The fourth-order valence-electron chi connectivity index (χ4n) is 3.93. The number of carbonyl (C=O) groups is 2. The van der Waals surface area contributed by atoms with Crippen LogP contribution in [0.2, 0.25) is 0 Å². The number of hydrogen-bond donors (Lipinski definition) is 1. The molecule has 0 saturated heterocycles. The van der Waals surface area contributed by atoms with E-state index in [0.29, 0.717) is 0 Å². The van der Waals surface area contributed by atoms with Crippen molar-refractivity contribution in [3.63, 3.8) is 0 Å². The number of hydrogen-bond acceptors (Lipinski definition) is 3. The zero-order valence-corrected chi connectivity index (χ0v) is 17.4. The Morgan fingerprint density at radius 1 is 1.07 bits per heavy atom. The molecular weight excluding hydrogens is 338 g/mol. The van der Waals surface area contributed by atoms with Gasteiger partial charge in [0.1, 0.15) is 6.54 Å². The van der Waals surface area contributed by atoms with E-state index in [9.17, 15) is 9.59 Å². The van der Waals surface area contributed by atoms with Crippen LogP contribution in [0.4, 0.5) is 11.4 Å². The van der Waals surface area contributed by atoms with Crippen LogP contribution in [0.1, 0.15) is 64.9 Å². The molecule has 1 saturated carbocycles. The van der Waals surface area contributed by atoms with Gasteiger partial charge in [0.05, 0.1) is 0 Å². The first kappa shape index (κ1) is 21.3. The summed E-state index contributed by atoms with van der Waals surface area (Å²) in [4.78, 5) is 28.7. The second-order valence-corrected chi connectivity index (χ2v) is 7.50. The topological polar surface area (TPSA) is 52.6 Å². The minimum Gasteiger partial charge on any atom is -0.372 e. The zero-order chi connectivity index (χ0) is 19.8. The second kappa shape index (κ2) is 10.3. The molecule has 0 aromatic heterocycles. The van der Waals surface area contributed by atoms with Crippen LogP contribution in [0.25, 0.3) is 0 Å². The molecule has 1 N–H and O–H groups in total. The van der Waals surface area contributed by atoms with Gasteiger partial charge < -0.3 is 15.1 Å². The summed E-state index contributed by atoms with van der Waals surface area (Å²) in [5, 5.41) is 3.14. The third kappa shape index (κ3) is 5.98. The summed E-state index contributed by atoms with van der Waals surface area (Å²) in [6.45, 7) is 9.75. The van der Waals surface area contributed by atoms with Crippen molar-refractivity contribution in [1.29, 1.82) is 0 Å². The molecule has 1 aromatic carbocycles. The number of rotatable bonds is 7. The van der Waals surface area contributed by atoms with E-state index in [0.717, 1.165) is 42.9 Å². The summed E-state index contributed by atoms with van der Waals surface area (Å²) in [6.07, 6.45) is 6.95. The van der Waals surface area contributed by atoms with Crippen molar-refractivity contribution in [2.24, 2.45) is 0 Å². The maximum Gasteiger partial charge on any atom is 0.240 e. The number of carbonyl (C=O) groups excluding carboxylic acids is 2. The summed E-state index contributed by atoms with van der Waals surface area (Å²) >= 11 is 0. The van der Waals surface area contributed by atoms with Gasteiger partial charge in [-0.05, 0) is 57.4 Å². The number of benzene rings is 1. The Hall–Kier alpha value is -2.04. The van der Waals surface area contributed by atoms with Crippen molar-refractivity contribution in [3.05, 3.63) is 23.8 Å². The standard InChI is InChI=1S/C22H35N3O2/c1-5-24(6-2)20-13-14-21(17(3)15-20)25(18(4)26)16-22(27)23-19-11-9-7-8-10-12-19/h13-15,19H,5-12,16H2,1-4H3,(H,23,27). The van der Waals surface area contributed by atoms with E-state index in [1.807, 2.05) is 19.1 Å². The van der Waals surface area contributed by atoms with E-state index in [-0.39, 0.29) is 24.4 Å². The Labute approximate surface area is 164 Å². The summed E-state index contributed by atoms with van der Waals surface area (Å²) < 4.78 is 0. The molecule has 0 spiro atoms. The lowest BCUT2D eigenvalue weighted by Crippen LogP contribution is -2.43. The minimum absolute atomic E-state index is 0.0654. The number of amides is 2. The van der Waals surface area contributed by atoms with E-state index < -0.39 is 0 Å². The van der Waals surface area contributed by atoms with Gasteiger partial charge in [0.25, 0.3) is 0 Å². The largest absolute Gasteiger partial charge is 0.372 e. The smallest absolute Gasteiger partial charge is 0.240 e. The van der Waals surface area contributed by atoms with Crippen LogP contribution < -0.4 is 15.1 Å². The highest BCUT2D eigenvalue weighted by Gasteiger charge is 2.21. The van der Waals surface area contributed by atoms with Gasteiger partial charge in [-0.3, -0.25) is 9.59 Å². The van der Waals surface area contributed by atoms with E-state index in [1.54, 1.807) is 4.90 Å². The van der Waals surface area contributed by atoms with Crippen LogP contribution >= 0.6 is 0 Å². The summed E-state index contributed by atoms with van der Waals surface area (Å²) in [7, 11) is 0. The van der Waals surface area contributed by atoms with E-state index >= 15 is 0 Å². The fraction of sp³-hybridized carbons (Fsp3) is 0.636. The van der Waals surface area contributed by atoms with E-state index in [2.05, 4.69) is 30.1 Å². The molecule has 27 heavy (non-hydrogen) atoms. The summed E-state index contributed by atoms with van der Waals surface area (Å²) in [5.74, 6) is -0.172. The monoisotopic (exact) mass is 373 g/mol. The maximum absolute atomic E-state index is 12.6. The van der Waals surface area contributed by atoms with Gasteiger partial charge in [-0.1, -0.05) is 25.7 Å². The van der Waals surface area contributed by atoms with Crippen LogP contribution in [-0.4, -0.2) is 37.5 Å². The molecule has 1 fully saturated rings. The predicted octanol–water partition coefficient (Wildman–Crippen LogP) is 4.03. The molecule has 0 heterocycles. The highest BCUT2D eigenvalue weighted by Crippen LogP contribution is 2.26. The molecule has 150 valence electrons. The number of aryl methyl sites for hydroxylation is 1. The normalized spacial score (nSPS) is 15.1. The molecule has 2 rings (SSSR count). The molecule has 1 aliphatic carbocycles. The van der Waals surface area contributed by atoms with Gasteiger partial charge in [-0.25, -0.2) is 0 Å². The Balaban J connectivity index is 2.10. The molecule has 1 aliphatic rings. The molecule has 5 nitrogen and oxygen atoms in total. The third-order valence-electron chi connectivity index (χ3n) is 5.50. The van der Waals surface area contributed by atoms with Crippen molar-refractivity contribution in [1.82, 2.24) is 5.32 Å². The van der Waals surface area contributed by atoms with Gasteiger partial charge in [-0.2, -0.15) is 0 Å². The fourth-order valence-corrected chi connectivity index (χ4v) is 3.93. The van der Waals surface area contributed by atoms with Crippen LogP contribution in [0, 0.1) is 6.92 Å². The van der Waals surface area contributed by atoms with Gasteiger partial charge in [0.15, 0.2) is 0 Å². The highest BCUT2D eigenvalue weighted by atomic mass is 16.2. The Morgan fingerprint density at radius 2 is 1.70 bits per heavy atom. The molecule has 2 amide bonds. The number of nitrogens with zero attached hydrogens (tertiary/aromatic N) is 2. The average molecular weight is 374 g/mol. The molecular formula is C22H35N3O2. The SMILES string of the molecule is CCN(CC)c1ccc(N(CC(=O)NC2CCCCCC2)C(C)=O)c(C)c1. The number of nitrogens with one attached hydrogen (secondary N) is 1. The molecule has 0 unspecified atom stereocenters. The summed E-state index contributed by atoms with van der Waals surface area (Å²) in [5.41, 5.74) is 2.97. The Kier molecular flexibility index (Phi) is 8.14. The zero-order valence-electron chi connectivity index (χ0n) is 17.4. The van der Waals surface area contributed by atoms with Gasteiger partial charge in [0, 0.05) is 37.4 Å². The lowest BCUT2D eigenvalue weighted by atomic mass is 10.1. The van der Waals surface area contributed by atoms with Crippen molar-refractivity contribution in [2.75, 3.05) is 29.4 Å². The van der Waals surface area contributed by atoms with Crippen molar-refractivity contribution >= 4 is 23.2 Å². The van der Waals surface area contributed by atoms with E-state index in [4.69, 9.17) is 0 Å². The van der Waals surface area contributed by atoms with Gasteiger partial charge in [-0.15, -0.1) is 0 Å². The first-order valence-electron chi connectivity index (χ1n) is 10.4. The predicted molar refractivity (Wildman–Crippen MR) is 112 cm³/mol. The summed E-state index contributed by atoms with van der Waals surface area (Å²) in [6, 6.07) is 6.35. The first-order valence-corrected chi connectivity index (χ1v) is 10.4. The van der Waals surface area contributed by atoms with Crippen molar-refractivity contribution in [2.45, 2.75) is 72.3 Å². The maximum atomic E-state index is 12.6. The molecule has 0 bridgehead atoms. The van der Waals surface area contributed by atoms with E-state index in [1.165, 1.54) is 32.6 Å². The lowest BCUT2D eigenvalue weighted by Gasteiger charge is -2.26. The van der Waals surface area contributed by atoms with Crippen LogP contribution in [-0.2, 0) is 9.59 Å². The molecule has 0 atom stereocenters. The molecule has 1 aromatic rings. The van der Waals surface area contributed by atoms with Crippen molar-refractivity contribution in [3.8, 4) is 0 Å². The average Bonchev–Trinajstić information content (AvgIpc) is 2.90. The van der Waals surface area contributed by atoms with Gasteiger partial charge in [0.2, 0.25) is 11.8 Å². The molecule has 0 aliphatic heterocycles. The highest BCUT2D eigenvalue weighted by molar-refractivity contribution is 5.98. The molecule has 5 heteroatoms. The second-order valence-electron chi connectivity index (χ2n) is 7.50. The molecule has 0 radical (unpaired) electrons. The first-order chi connectivity index (χ1) is 13.0. The van der Waals surface area contributed by atoms with Crippen LogP contribution in [0.5, 0.6) is 0 Å². The number of anilines is 2. The van der Waals surface area contributed by atoms with Crippen molar-refractivity contribution < 1.29 is 9.59 Å². The van der Waals surface area contributed by atoms with Gasteiger partial charge >= 0.3 is 0 Å². The van der Waals surface area contributed by atoms with Crippen LogP contribution in [0.15, 0.2) is 18.2 Å². The Bertz CT molecular complexity index is 632.